The van der Waals surface area contributed by atoms with Gasteiger partial charge in [-0.1, -0.05) is 18.5 Å². The maximum atomic E-state index is 10.3. The van der Waals surface area contributed by atoms with Gasteiger partial charge in [-0.3, -0.25) is 0 Å². The zero-order chi connectivity index (χ0) is 10.6. The SMILES string of the molecule is Cc1cc(Cl)ccc1SC(C)CC=O. The van der Waals surface area contributed by atoms with E-state index >= 15 is 0 Å². The molecular weight excluding hydrogens is 216 g/mol. The molecule has 0 saturated carbocycles. The number of benzene rings is 1. The Kier molecular flexibility index (Phi) is 4.49. The molecule has 0 saturated heterocycles. The average molecular weight is 229 g/mol. The van der Waals surface area contributed by atoms with E-state index in [4.69, 9.17) is 11.6 Å². The van der Waals surface area contributed by atoms with Gasteiger partial charge in [-0.15, -0.1) is 11.8 Å². The predicted octanol–water partition coefficient (Wildman–Crippen LogP) is 3.72. The Morgan fingerprint density at radius 2 is 2.29 bits per heavy atom. The van der Waals surface area contributed by atoms with Crippen LogP contribution in [0.2, 0.25) is 5.02 Å². The molecule has 1 aromatic carbocycles. The average Bonchev–Trinajstić information content (AvgIpc) is 2.10. The van der Waals surface area contributed by atoms with E-state index in [0.717, 1.165) is 11.3 Å². The van der Waals surface area contributed by atoms with Crippen molar-refractivity contribution >= 4 is 29.6 Å². The van der Waals surface area contributed by atoms with Gasteiger partial charge < -0.3 is 4.79 Å². The fraction of sp³-hybridized carbons (Fsp3) is 0.364. The van der Waals surface area contributed by atoms with E-state index in [1.165, 1.54) is 10.5 Å². The molecule has 0 spiro atoms. The van der Waals surface area contributed by atoms with Crippen molar-refractivity contribution in [3.05, 3.63) is 28.8 Å². The summed E-state index contributed by atoms with van der Waals surface area (Å²) in [6.45, 7) is 4.08. The fourth-order valence-corrected chi connectivity index (χ4v) is 2.37. The number of thioether (sulfide) groups is 1. The standard InChI is InChI=1S/C11H13ClOS/c1-8-7-10(12)3-4-11(8)14-9(2)5-6-13/h3-4,6-7,9H,5H2,1-2H3. The molecule has 0 fully saturated rings. The highest BCUT2D eigenvalue weighted by molar-refractivity contribution is 8.00. The molecule has 1 rings (SSSR count). The minimum Gasteiger partial charge on any atom is -0.303 e. The summed E-state index contributed by atoms with van der Waals surface area (Å²) in [5, 5.41) is 1.09. The van der Waals surface area contributed by atoms with Crippen molar-refractivity contribution in [1.82, 2.24) is 0 Å². The van der Waals surface area contributed by atoms with Crippen molar-refractivity contribution in [2.45, 2.75) is 30.4 Å². The minimum absolute atomic E-state index is 0.326. The van der Waals surface area contributed by atoms with Crippen LogP contribution in [-0.2, 0) is 4.79 Å². The molecule has 0 bridgehead atoms. The van der Waals surface area contributed by atoms with Gasteiger partial charge >= 0.3 is 0 Å². The first-order valence-corrected chi connectivity index (χ1v) is 5.75. The number of hydrogen-bond donors (Lipinski definition) is 0. The first-order valence-electron chi connectivity index (χ1n) is 4.50. The molecule has 3 heteroatoms. The Morgan fingerprint density at radius 1 is 1.57 bits per heavy atom. The molecule has 0 radical (unpaired) electrons. The van der Waals surface area contributed by atoms with Gasteiger partial charge in [-0.2, -0.15) is 0 Å². The van der Waals surface area contributed by atoms with Crippen LogP contribution in [0.3, 0.4) is 0 Å². The van der Waals surface area contributed by atoms with Crippen LogP contribution in [0.4, 0.5) is 0 Å². The minimum atomic E-state index is 0.326. The van der Waals surface area contributed by atoms with E-state index in [1.54, 1.807) is 11.8 Å². The predicted molar refractivity (Wildman–Crippen MR) is 62.2 cm³/mol. The molecule has 0 aliphatic carbocycles. The largest absolute Gasteiger partial charge is 0.303 e. The van der Waals surface area contributed by atoms with Crippen LogP contribution >= 0.6 is 23.4 Å². The Labute approximate surface area is 93.8 Å². The van der Waals surface area contributed by atoms with Gasteiger partial charge in [-0.05, 0) is 30.7 Å². The number of rotatable bonds is 4. The van der Waals surface area contributed by atoms with Crippen LogP contribution in [-0.4, -0.2) is 11.5 Å². The summed E-state index contributed by atoms with van der Waals surface area (Å²) >= 11 is 7.56. The van der Waals surface area contributed by atoms with Gasteiger partial charge in [-0.25, -0.2) is 0 Å². The number of carbonyl (C=O) groups is 1. The van der Waals surface area contributed by atoms with Crippen LogP contribution in [0, 0.1) is 6.92 Å². The summed E-state index contributed by atoms with van der Waals surface area (Å²) in [6.07, 6.45) is 1.55. The summed E-state index contributed by atoms with van der Waals surface area (Å²) in [5.41, 5.74) is 1.17. The number of halogens is 1. The number of aldehydes is 1. The lowest BCUT2D eigenvalue weighted by Crippen LogP contribution is -1.96. The van der Waals surface area contributed by atoms with Gasteiger partial charge in [0.05, 0.1) is 0 Å². The fourth-order valence-electron chi connectivity index (χ4n) is 1.15. The summed E-state index contributed by atoms with van der Waals surface area (Å²) in [4.78, 5) is 11.5. The number of hydrogen-bond acceptors (Lipinski definition) is 2. The molecule has 14 heavy (non-hydrogen) atoms. The normalized spacial score (nSPS) is 12.5. The lowest BCUT2D eigenvalue weighted by Gasteiger charge is -2.10. The highest BCUT2D eigenvalue weighted by Gasteiger charge is 2.06. The Bertz CT molecular complexity index is 325. The second kappa shape index (κ2) is 5.42. The van der Waals surface area contributed by atoms with Gasteiger partial charge in [0.2, 0.25) is 0 Å². The second-order valence-electron chi connectivity index (χ2n) is 3.24. The van der Waals surface area contributed by atoms with E-state index in [0.29, 0.717) is 11.7 Å². The zero-order valence-electron chi connectivity index (χ0n) is 8.29. The molecule has 1 atom stereocenters. The van der Waals surface area contributed by atoms with Crippen molar-refractivity contribution < 1.29 is 4.79 Å². The van der Waals surface area contributed by atoms with Crippen molar-refractivity contribution in [2.24, 2.45) is 0 Å². The van der Waals surface area contributed by atoms with Gasteiger partial charge in [0.25, 0.3) is 0 Å². The van der Waals surface area contributed by atoms with Gasteiger partial charge in [0, 0.05) is 21.6 Å². The third-order valence-corrected chi connectivity index (χ3v) is 3.44. The van der Waals surface area contributed by atoms with Gasteiger partial charge in [0.15, 0.2) is 0 Å². The van der Waals surface area contributed by atoms with Gasteiger partial charge in [0.1, 0.15) is 6.29 Å². The number of carbonyl (C=O) groups excluding carboxylic acids is 1. The molecule has 0 amide bonds. The topological polar surface area (TPSA) is 17.1 Å². The van der Waals surface area contributed by atoms with Crippen LogP contribution < -0.4 is 0 Å². The van der Waals surface area contributed by atoms with Crippen LogP contribution in [0.1, 0.15) is 18.9 Å². The quantitative estimate of drug-likeness (QED) is 0.577. The molecule has 0 aromatic heterocycles. The first-order chi connectivity index (χ1) is 6.63. The van der Waals surface area contributed by atoms with E-state index in [9.17, 15) is 4.79 Å². The molecule has 0 aliphatic heterocycles. The third-order valence-electron chi connectivity index (χ3n) is 1.89. The summed E-state index contributed by atoms with van der Waals surface area (Å²) < 4.78 is 0. The van der Waals surface area contributed by atoms with Crippen molar-refractivity contribution in [3.63, 3.8) is 0 Å². The molecule has 76 valence electrons. The highest BCUT2D eigenvalue weighted by atomic mass is 35.5. The zero-order valence-corrected chi connectivity index (χ0v) is 9.86. The van der Waals surface area contributed by atoms with Crippen molar-refractivity contribution in [3.8, 4) is 0 Å². The second-order valence-corrected chi connectivity index (χ2v) is 5.16. The molecule has 1 aromatic rings. The molecule has 1 unspecified atom stereocenters. The molecule has 0 N–H and O–H groups in total. The monoisotopic (exact) mass is 228 g/mol. The summed E-state index contributed by atoms with van der Waals surface area (Å²) in [6, 6.07) is 5.83. The van der Waals surface area contributed by atoms with Crippen molar-refractivity contribution in [2.75, 3.05) is 0 Å². The van der Waals surface area contributed by atoms with E-state index < -0.39 is 0 Å². The number of aryl methyl sites for hydroxylation is 1. The van der Waals surface area contributed by atoms with Crippen molar-refractivity contribution in [1.29, 1.82) is 0 Å². The lowest BCUT2D eigenvalue weighted by atomic mass is 10.2. The molecule has 1 nitrogen and oxygen atoms in total. The van der Waals surface area contributed by atoms with Crippen LogP contribution in [0.5, 0.6) is 0 Å². The van der Waals surface area contributed by atoms with Crippen LogP contribution in [0.15, 0.2) is 23.1 Å². The summed E-state index contributed by atoms with van der Waals surface area (Å²) in [7, 11) is 0. The molecule has 0 aliphatic rings. The molecular formula is C11H13ClOS. The third kappa shape index (κ3) is 3.35. The summed E-state index contributed by atoms with van der Waals surface area (Å²) in [5.74, 6) is 0. The van der Waals surface area contributed by atoms with Crippen LogP contribution in [0.25, 0.3) is 0 Å². The lowest BCUT2D eigenvalue weighted by molar-refractivity contribution is -0.107. The van der Waals surface area contributed by atoms with E-state index in [-0.39, 0.29) is 0 Å². The highest BCUT2D eigenvalue weighted by Crippen LogP contribution is 2.29. The Hall–Kier alpha value is -0.470. The molecule has 0 heterocycles. The maximum Gasteiger partial charge on any atom is 0.121 e. The van der Waals surface area contributed by atoms with E-state index in [1.807, 2.05) is 32.0 Å². The maximum absolute atomic E-state index is 10.3. The van der Waals surface area contributed by atoms with E-state index in [2.05, 4.69) is 0 Å². The smallest absolute Gasteiger partial charge is 0.121 e. The Balaban J connectivity index is 2.71. The first kappa shape index (κ1) is 11.6. The Morgan fingerprint density at radius 3 is 2.86 bits per heavy atom.